The van der Waals surface area contributed by atoms with Gasteiger partial charge in [-0.1, -0.05) is 28.1 Å². The highest BCUT2D eigenvalue weighted by Gasteiger charge is 2.16. The van der Waals surface area contributed by atoms with Crippen LogP contribution in [0.1, 0.15) is 37.8 Å². The molecule has 2 amide bonds. The fraction of sp³-hybridized carbons (Fsp3) is 0.400. The van der Waals surface area contributed by atoms with E-state index in [1.165, 1.54) is 6.92 Å². The molecule has 0 radical (unpaired) electrons. The third-order valence-corrected chi connectivity index (χ3v) is 3.46. The number of carboxylic acids is 1. The van der Waals surface area contributed by atoms with Gasteiger partial charge >= 0.3 is 5.97 Å². The number of hydrogen-bond donors (Lipinski definition) is 3. The van der Waals surface area contributed by atoms with Crippen molar-refractivity contribution in [2.45, 2.75) is 32.2 Å². The summed E-state index contributed by atoms with van der Waals surface area (Å²) in [5.74, 6) is -1.33. The maximum Gasteiger partial charge on any atom is 0.303 e. The van der Waals surface area contributed by atoms with Crippen molar-refractivity contribution < 1.29 is 19.5 Å². The number of carbonyl (C=O) groups excluding carboxylic acids is 2. The van der Waals surface area contributed by atoms with Crippen LogP contribution in [0.5, 0.6) is 0 Å². The van der Waals surface area contributed by atoms with Crippen LogP contribution in [0.2, 0.25) is 0 Å². The second kappa shape index (κ2) is 9.19. The number of carboxylic acid groups (broad SMARTS) is 1. The van der Waals surface area contributed by atoms with Crippen LogP contribution in [-0.2, 0) is 14.4 Å². The smallest absolute Gasteiger partial charge is 0.303 e. The summed E-state index contributed by atoms with van der Waals surface area (Å²) in [6.45, 7) is 1.70. The summed E-state index contributed by atoms with van der Waals surface area (Å²) in [4.78, 5) is 33.6. The molecule has 0 saturated heterocycles. The lowest BCUT2D eigenvalue weighted by Gasteiger charge is -2.18. The van der Waals surface area contributed by atoms with Gasteiger partial charge in [0.2, 0.25) is 11.8 Å². The Kier molecular flexibility index (Phi) is 7.59. The Bertz CT molecular complexity index is 531. The minimum atomic E-state index is -0.889. The third-order valence-electron chi connectivity index (χ3n) is 2.93. The van der Waals surface area contributed by atoms with Crippen LogP contribution in [0.3, 0.4) is 0 Å². The summed E-state index contributed by atoms with van der Waals surface area (Å²) in [7, 11) is 0. The van der Waals surface area contributed by atoms with Gasteiger partial charge in [0.1, 0.15) is 0 Å². The highest BCUT2D eigenvalue weighted by atomic mass is 79.9. The van der Waals surface area contributed by atoms with E-state index in [-0.39, 0.29) is 24.7 Å². The van der Waals surface area contributed by atoms with E-state index in [4.69, 9.17) is 5.11 Å². The van der Waals surface area contributed by atoms with Crippen LogP contribution in [0.25, 0.3) is 0 Å². The lowest BCUT2D eigenvalue weighted by atomic mass is 10.0. The number of nitrogens with one attached hydrogen (secondary N) is 2. The zero-order chi connectivity index (χ0) is 16.5. The largest absolute Gasteiger partial charge is 0.481 e. The Labute approximate surface area is 137 Å². The predicted molar refractivity (Wildman–Crippen MR) is 85.2 cm³/mol. The normalized spacial score (nSPS) is 11.5. The Morgan fingerprint density at radius 3 is 2.41 bits per heavy atom. The van der Waals surface area contributed by atoms with Gasteiger partial charge < -0.3 is 15.7 Å². The molecular formula is C15H19BrN2O4. The van der Waals surface area contributed by atoms with E-state index in [1.807, 2.05) is 24.3 Å². The Balaban J connectivity index is 2.57. The molecule has 6 nitrogen and oxygen atoms in total. The number of carbonyl (C=O) groups is 3. The van der Waals surface area contributed by atoms with Gasteiger partial charge in [0, 0.05) is 24.4 Å². The number of aliphatic carboxylic acids is 1. The number of benzene rings is 1. The van der Waals surface area contributed by atoms with Crippen LogP contribution in [0, 0.1) is 0 Å². The highest BCUT2D eigenvalue weighted by Crippen LogP contribution is 2.19. The lowest BCUT2D eigenvalue weighted by molar-refractivity contribution is -0.137. The molecule has 0 aliphatic rings. The van der Waals surface area contributed by atoms with Crippen LogP contribution in [0.15, 0.2) is 28.7 Å². The molecule has 1 rings (SSSR count). The van der Waals surface area contributed by atoms with Gasteiger partial charge in [-0.05, 0) is 24.1 Å². The first kappa shape index (κ1) is 18.2. The summed E-state index contributed by atoms with van der Waals surface area (Å²) in [5.41, 5.74) is 0.832. The van der Waals surface area contributed by atoms with Crippen LogP contribution in [0.4, 0.5) is 0 Å². The molecule has 120 valence electrons. The first-order valence-electron chi connectivity index (χ1n) is 6.89. The maximum atomic E-state index is 11.9. The first-order chi connectivity index (χ1) is 10.4. The van der Waals surface area contributed by atoms with E-state index < -0.39 is 12.0 Å². The molecular weight excluding hydrogens is 352 g/mol. The van der Waals surface area contributed by atoms with E-state index in [2.05, 4.69) is 26.6 Å². The minimum Gasteiger partial charge on any atom is -0.481 e. The monoisotopic (exact) mass is 370 g/mol. The number of halogens is 1. The molecule has 1 aromatic carbocycles. The van der Waals surface area contributed by atoms with E-state index in [9.17, 15) is 14.4 Å². The Morgan fingerprint density at radius 2 is 1.86 bits per heavy atom. The van der Waals surface area contributed by atoms with Gasteiger partial charge in [-0.3, -0.25) is 14.4 Å². The van der Waals surface area contributed by atoms with Crippen molar-refractivity contribution in [3.05, 3.63) is 34.3 Å². The molecule has 0 heterocycles. The summed E-state index contributed by atoms with van der Waals surface area (Å²) >= 11 is 3.34. The van der Waals surface area contributed by atoms with Crippen molar-refractivity contribution in [2.75, 3.05) is 6.54 Å². The molecule has 7 heteroatoms. The van der Waals surface area contributed by atoms with Gasteiger partial charge in [0.25, 0.3) is 0 Å². The standard InChI is InChI=1S/C15H19BrN2O4/c1-10(19)18-13(11-4-6-12(16)7-5-11)9-14(20)17-8-2-3-15(21)22/h4-7,13H,2-3,8-9H2,1H3,(H,17,20)(H,18,19)(H,21,22). The van der Waals surface area contributed by atoms with Gasteiger partial charge in [0.05, 0.1) is 12.5 Å². The summed E-state index contributed by atoms with van der Waals surface area (Å²) in [6.07, 6.45) is 0.501. The van der Waals surface area contributed by atoms with Gasteiger partial charge in [-0.15, -0.1) is 0 Å². The van der Waals surface area contributed by atoms with E-state index in [0.717, 1.165) is 10.0 Å². The average molecular weight is 371 g/mol. The van der Waals surface area contributed by atoms with Crippen molar-refractivity contribution in [1.29, 1.82) is 0 Å². The molecule has 0 spiro atoms. The highest BCUT2D eigenvalue weighted by molar-refractivity contribution is 9.10. The second-order valence-electron chi connectivity index (χ2n) is 4.86. The summed E-state index contributed by atoms with van der Waals surface area (Å²) in [6, 6.07) is 6.94. The summed E-state index contributed by atoms with van der Waals surface area (Å²) < 4.78 is 0.913. The maximum absolute atomic E-state index is 11.9. The van der Waals surface area contributed by atoms with E-state index >= 15 is 0 Å². The quantitative estimate of drug-likeness (QED) is 0.609. The Hall–Kier alpha value is -1.89. The number of rotatable bonds is 8. The summed E-state index contributed by atoms with van der Waals surface area (Å²) in [5, 5.41) is 13.9. The van der Waals surface area contributed by atoms with Gasteiger partial charge in [-0.25, -0.2) is 0 Å². The predicted octanol–water partition coefficient (Wildman–Crippen LogP) is 2.00. The molecule has 0 aromatic heterocycles. The molecule has 3 N–H and O–H groups in total. The van der Waals surface area contributed by atoms with Crippen molar-refractivity contribution in [3.63, 3.8) is 0 Å². The first-order valence-corrected chi connectivity index (χ1v) is 7.69. The molecule has 1 unspecified atom stereocenters. The van der Waals surface area contributed by atoms with E-state index in [1.54, 1.807) is 0 Å². The number of hydrogen-bond acceptors (Lipinski definition) is 3. The Morgan fingerprint density at radius 1 is 1.23 bits per heavy atom. The lowest BCUT2D eigenvalue weighted by Crippen LogP contribution is -2.33. The second-order valence-corrected chi connectivity index (χ2v) is 5.77. The van der Waals surface area contributed by atoms with Crippen molar-refractivity contribution in [2.24, 2.45) is 0 Å². The zero-order valence-corrected chi connectivity index (χ0v) is 13.9. The molecule has 0 aliphatic carbocycles. The van der Waals surface area contributed by atoms with Crippen LogP contribution < -0.4 is 10.6 Å². The molecule has 0 bridgehead atoms. The molecule has 22 heavy (non-hydrogen) atoms. The molecule has 1 aromatic rings. The topological polar surface area (TPSA) is 95.5 Å². The average Bonchev–Trinajstić information content (AvgIpc) is 2.43. The zero-order valence-electron chi connectivity index (χ0n) is 12.3. The third kappa shape index (κ3) is 7.21. The number of amides is 2. The van der Waals surface area contributed by atoms with Crippen molar-refractivity contribution in [1.82, 2.24) is 10.6 Å². The van der Waals surface area contributed by atoms with Crippen LogP contribution in [-0.4, -0.2) is 29.4 Å². The SMILES string of the molecule is CC(=O)NC(CC(=O)NCCCC(=O)O)c1ccc(Br)cc1. The minimum absolute atomic E-state index is 0.0160. The van der Waals surface area contributed by atoms with Crippen LogP contribution >= 0.6 is 15.9 Å². The fourth-order valence-electron chi connectivity index (χ4n) is 1.92. The van der Waals surface area contributed by atoms with Crippen molar-refractivity contribution >= 4 is 33.7 Å². The van der Waals surface area contributed by atoms with Gasteiger partial charge in [-0.2, -0.15) is 0 Å². The molecule has 1 atom stereocenters. The van der Waals surface area contributed by atoms with Crippen molar-refractivity contribution in [3.8, 4) is 0 Å². The molecule has 0 fully saturated rings. The molecule has 0 saturated carbocycles. The van der Waals surface area contributed by atoms with E-state index in [0.29, 0.717) is 13.0 Å². The molecule has 0 aliphatic heterocycles. The van der Waals surface area contributed by atoms with Gasteiger partial charge in [0.15, 0.2) is 0 Å². The fourth-order valence-corrected chi connectivity index (χ4v) is 2.18.